The molecule has 0 fully saturated rings. The van der Waals surface area contributed by atoms with Gasteiger partial charge in [0, 0.05) is 41.7 Å². The Morgan fingerprint density at radius 2 is 0.985 bits per heavy atom. The number of carbonyl (C=O) groups excluding carboxylic acids is 5. The van der Waals surface area contributed by atoms with Crippen LogP contribution in [0, 0.1) is 0 Å². The number of aliphatic hydroxyl groups excluding tert-OH is 1. The van der Waals surface area contributed by atoms with E-state index in [1.165, 1.54) is 28.7 Å². The molecule has 0 unspecified atom stereocenters. The standard InChI is InChI=1S/C19H14O5S.C14H8O3S.C8H14N2O4.C5H8O3/c1-2-16(20)23-10-11-24-19(22)13-7-5-9-15-17(13)18(21)12-6-3-4-8-14(12)25-15;15-13-8-4-1-2-6-10(8)18-11-7-3-5-9(12(11)13)14(16)17;1-5(2)13-7(11)9-10-8(12)14-6(3)4;1-2-5(7)8-4-3-6/h2-9H,1,10-11H2;1-7H,(H,16,17);5-6H,1-4H3;2,6H,1,3-4H2. The van der Waals surface area contributed by atoms with Crippen LogP contribution in [0.25, 0.3) is 40.3 Å². The number of rotatable bonds is 11. The smallest absolute Gasteiger partial charge is 0.452 e. The van der Waals surface area contributed by atoms with E-state index in [0.717, 1.165) is 26.3 Å². The van der Waals surface area contributed by atoms with Crippen molar-refractivity contribution in [3.8, 4) is 0 Å². The number of ether oxygens (including phenoxy) is 5. The zero-order chi connectivity index (χ0) is 48.1. The molecule has 0 aliphatic carbocycles. The van der Waals surface area contributed by atoms with Crippen molar-refractivity contribution < 1.29 is 62.7 Å². The number of nitrogens with zero attached hydrogens (tertiary/aromatic N) is 2. The number of carbonyl (C=O) groups is 6. The highest BCUT2D eigenvalue weighted by atomic mass is 32.1. The molecule has 2 N–H and O–H groups in total. The van der Waals surface area contributed by atoms with E-state index in [2.05, 4.69) is 37.6 Å². The number of hydrogen-bond acceptors (Lipinski definition) is 16. The first kappa shape index (κ1) is 51.9. The Morgan fingerprint density at radius 1 is 0.585 bits per heavy atom. The zero-order valence-electron chi connectivity index (χ0n) is 35.5. The Bertz CT molecular complexity index is 2820. The van der Waals surface area contributed by atoms with Gasteiger partial charge in [0.15, 0.2) is 10.9 Å². The first-order valence-corrected chi connectivity index (χ1v) is 21.0. The Balaban J connectivity index is 0.000000248. The average molecular weight is 929 g/mol. The summed E-state index contributed by atoms with van der Waals surface area (Å²) in [6.45, 7) is 12.8. The highest BCUT2D eigenvalue weighted by Crippen LogP contribution is 2.28. The Hall–Kier alpha value is -7.48. The second kappa shape index (κ2) is 26.2. The van der Waals surface area contributed by atoms with Gasteiger partial charge in [-0.2, -0.15) is 0 Å². The third-order valence-electron chi connectivity index (χ3n) is 7.78. The molecular formula is C46H44N2O15S2. The van der Waals surface area contributed by atoms with Gasteiger partial charge in [0.25, 0.3) is 0 Å². The van der Waals surface area contributed by atoms with Gasteiger partial charge in [0.05, 0.1) is 40.7 Å². The van der Waals surface area contributed by atoms with Crippen LogP contribution in [0.4, 0.5) is 9.59 Å². The molecule has 2 heterocycles. The summed E-state index contributed by atoms with van der Waals surface area (Å²) in [6, 6.07) is 24.5. The molecule has 0 spiro atoms. The summed E-state index contributed by atoms with van der Waals surface area (Å²) < 4.78 is 26.6. The van der Waals surface area contributed by atoms with Gasteiger partial charge in [0.2, 0.25) is 0 Å². The first-order chi connectivity index (χ1) is 31.0. The topological polar surface area (TPSA) is 248 Å². The number of fused-ring (bicyclic) bond motifs is 4. The molecule has 6 aromatic rings. The molecule has 0 bridgehead atoms. The van der Waals surface area contributed by atoms with Gasteiger partial charge in [-0.25, -0.2) is 28.8 Å². The van der Waals surface area contributed by atoms with Gasteiger partial charge in [0.1, 0.15) is 19.8 Å². The van der Waals surface area contributed by atoms with Gasteiger partial charge >= 0.3 is 36.1 Å². The molecule has 65 heavy (non-hydrogen) atoms. The lowest BCUT2D eigenvalue weighted by Gasteiger charge is -2.08. The van der Waals surface area contributed by atoms with Crippen molar-refractivity contribution in [1.82, 2.24) is 0 Å². The number of aromatic carboxylic acids is 1. The second-order valence-electron chi connectivity index (χ2n) is 13.2. The van der Waals surface area contributed by atoms with E-state index in [9.17, 15) is 38.4 Å². The molecule has 6 rings (SSSR count). The molecule has 0 radical (unpaired) electrons. The highest BCUT2D eigenvalue weighted by Gasteiger charge is 2.17. The maximum atomic E-state index is 12.8. The summed E-state index contributed by atoms with van der Waals surface area (Å²) in [5.41, 5.74) is -0.133. The van der Waals surface area contributed by atoms with Gasteiger partial charge in [-0.1, -0.05) is 59.8 Å². The van der Waals surface area contributed by atoms with E-state index in [-0.39, 0.29) is 60.6 Å². The first-order valence-electron chi connectivity index (χ1n) is 19.3. The van der Waals surface area contributed by atoms with Crippen molar-refractivity contribution in [3.05, 3.63) is 142 Å². The summed E-state index contributed by atoms with van der Waals surface area (Å²) in [5, 5.41) is 25.0. The van der Waals surface area contributed by atoms with Crippen LogP contribution in [0.3, 0.4) is 0 Å². The molecular weight excluding hydrogens is 885 g/mol. The number of aliphatic hydroxyl groups is 1. The lowest BCUT2D eigenvalue weighted by Crippen LogP contribution is -2.15. The number of benzene rings is 4. The molecule has 340 valence electrons. The Morgan fingerprint density at radius 3 is 1.42 bits per heavy atom. The van der Waals surface area contributed by atoms with Crippen LogP contribution >= 0.6 is 22.7 Å². The quantitative estimate of drug-likeness (QED) is 0.0308. The van der Waals surface area contributed by atoms with E-state index >= 15 is 0 Å². The number of amides is 2. The van der Waals surface area contributed by atoms with Crippen molar-refractivity contribution in [2.45, 2.75) is 39.9 Å². The van der Waals surface area contributed by atoms with E-state index in [4.69, 9.17) is 19.7 Å². The lowest BCUT2D eigenvalue weighted by molar-refractivity contribution is -0.139. The summed E-state index contributed by atoms with van der Waals surface area (Å²) in [6.07, 6.45) is -0.301. The maximum absolute atomic E-state index is 12.8. The fraction of sp³-hybridized carbons (Fsp3) is 0.217. The van der Waals surface area contributed by atoms with Crippen LogP contribution in [-0.4, -0.2) is 84.9 Å². The average Bonchev–Trinajstić information content (AvgIpc) is 3.28. The minimum atomic E-state index is -1.07. The number of esters is 3. The molecule has 2 amide bonds. The Labute approximate surface area is 378 Å². The van der Waals surface area contributed by atoms with E-state index < -0.39 is 36.1 Å². The molecule has 0 aliphatic heterocycles. The van der Waals surface area contributed by atoms with Crippen LogP contribution in [0.5, 0.6) is 0 Å². The summed E-state index contributed by atoms with van der Waals surface area (Å²) in [7, 11) is 0. The number of carboxylic acid groups (broad SMARTS) is 1. The predicted octanol–water partition coefficient (Wildman–Crippen LogP) is 8.65. The zero-order valence-corrected chi connectivity index (χ0v) is 37.2. The van der Waals surface area contributed by atoms with Crippen molar-refractivity contribution in [2.75, 3.05) is 26.4 Å². The fourth-order valence-electron chi connectivity index (χ4n) is 5.19. The molecule has 0 aliphatic rings. The fourth-order valence-corrected chi connectivity index (χ4v) is 7.40. The molecule has 0 atom stereocenters. The number of carboxylic acids is 1. The van der Waals surface area contributed by atoms with Gasteiger partial charge < -0.3 is 33.9 Å². The van der Waals surface area contributed by atoms with E-state index in [1.807, 2.05) is 24.3 Å². The summed E-state index contributed by atoms with van der Waals surface area (Å²) in [4.78, 5) is 91.2. The van der Waals surface area contributed by atoms with Crippen LogP contribution in [-0.2, 0) is 33.3 Å². The Kier molecular flexibility index (Phi) is 20.9. The molecule has 17 nitrogen and oxygen atoms in total. The van der Waals surface area contributed by atoms with Crippen molar-refractivity contribution in [2.24, 2.45) is 10.2 Å². The molecule has 2 aromatic heterocycles. The minimum absolute atomic E-state index is 0.0465. The third kappa shape index (κ3) is 16.0. The molecule has 0 saturated carbocycles. The maximum Gasteiger partial charge on any atom is 0.452 e. The monoisotopic (exact) mass is 928 g/mol. The van der Waals surface area contributed by atoms with Gasteiger partial charge in [-0.15, -0.1) is 22.7 Å². The SMILES string of the molecule is C=CC(=O)OCCO.C=CC(=O)OCCOC(=O)c1cccc2sc3ccccc3c(=O)c12.CC(C)OC(=O)N=NC(=O)OC(C)C.O=C(O)c1cccc2sc3ccccc3c(=O)c12. The molecule has 19 heteroatoms. The predicted molar refractivity (Wildman–Crippen MR) is 246 cm³/mol. The van der Waals surface area contributed by atoms with Crippen LogP contribution < -0.4 is 10.9 Å². The molecule has 4 aromatic carbocycles. The number of hydrogen-bond donors (Lipinski definition) is 2. The molecule has 0 saturated heterocycles. The van der Waals surface area contributed by atoms with E-state index in [1.54, 1.807) is 82.3 Å². The van der Waals surface area contributed by atoms with Crippen molar-refractivity contribution in [1.29, 1.82) is 0 Å². The number of azo groups is 1. The summed E-state index contributed by atoms with van der Waals surface area (Å²) >= 11 is 2.88. The lowest BCUT2D eigenvalue weighted by atomic mass is 10.1. The summed E-state index contributed by atoms with van der Waals surface area (Å²) in [5.74, 6) is -2.78. The van der Waals surface area contributed by atoms with Crippen LogP contribution in [0.2, 0.25) is 0 Å². The minimum Gasteiger partial charge on any atom is -0.478 e. The third-order valence-corrected chi connectivity index (χ3v) is 10.0. The van der Waals surface area contributed by atoms with Crippen LogP contribution in [0.1, 0.15) is 48.4 Å². The highest BCUT2D eigenvalue weighted by molar-refractivity contribution is 7.25. The normalized spacial score (nSPS) is 10.4. The van der Waals surface area contributed by atoms with Crippen LogP contribution in [0.15, 0.2) is 130 Å². The largest absolute Gasteiger partial charge is 0.478 e. The second-order valence-corrected chi connectivity index (χ2v) is 15.4. The van der Waals surface area contributed by atoms with Gasteiger partial charge in [-0.05, 0) is 76.2 Å². The van der Waals surface area contributed by atoms with Gasteiger partial charge in [-0.3, -0.25) is 9.59 Å². The van der Waals surface area contributed by atoms with E-state index in [0.29, 0.717) is 26.2 Å². The van der Waals surface area contributed by atoms with Crippen molar-refractivity contribution in [3.63, 3.8) is 0 Å². The van der Waals surface area contributed by atoms with Crippen molar-refractivity contribution >= 4 is 99.1 Å².